The number of nitrogens with zero attached hydrogens (tertiary/aromatic N) is 1. The first kappa shape index (κ1) is 30.1. The van der Waals surface area contributed by atoms with E-state index < -0.39 is 22.0 Å². The van der Waals surface area contributed by atoms with E-state index in [1.165, 1.54) is 26.5 Å². The van der Waals surface area contributed by atoms with Crippen molar-refractivity contribution >= 4 is 49.9 Å². The van der Waals surface area contributed by atoms with Crippen LogP contribution in [-0.2, 0) is 20.2 Å². The fourth-order valence-corrected chi connectivity index (χ4v) is 4.76. The van der Waals surface area contributed by atoms with Gasteiger partial charge in [-0.2, -0.15) is 0 Å². The second-order valence-electron chi connectivity index (χ2n) is 10.4. The van der Waals surface area contributed by atoms with Gasteiger partial charge in [-0.05, 0) is 41.3 Å². The van der Waals surface area contributed by atoms with Crippen molar-refractivity contribution in [1.29, 1.82) is 0 Å². The minimum absolute atomic E-state index is 0.107. The van der Waals surface area contributed by atoms with Gasteiger partial charge in [-0.3, -0.25) is 4.72 Å². The summed E-state index contributed by atoms with van der Waals surface area (Å²) in [6.45, 7) is 5.92. The lowest BCUT2D eigenvalue weighted by atomic mass is 9.86. The van der Waals surface area contributed by atoms with Crippen LogP contribution in [0.5, 0.6) is 17.2 Å². The van der Waals surface area contributed by atoms with Crippen LogP contribution in [0.4, 0.5) is 21.9 Å². The monoisotopic (exact) mass is 592 g/mol. The molecule has 12 heteroatoms. The van der Waals surface area contributed by atoms with Crippen molar-refractivity contribution < 1.29 is 32.2 Å². The van der Waals surface area contributed by atoms with E-state index in [1.54, 1.807) is 30.3 Å². The molecular formula is C30H32N4O7S. The molecule has 0 spiro atoms. The van der Waals surface area contributed by atoms with Crippen LogP contribution in [-0.4, -0.2) is 45.9 Å². The van der Waals surface area contributed by atoms with Crippen LogP contribution in [0, 0.1) is 0 Å². The number of nitrogens with one attached hydrogen (secondary N) is 3. The molecule has 1 aromatic heterocycles. The number of carbonyl (C=O) groups excluding carboxylic acids is 2. The van der Waals surface area contributed by atoms with E-state index in [0.29, 0.717) is 28.0 Å². The van der Waals surface area contributed by atoms with Crippen LogP contribution in [0.3, 0.4) is 0 Å². The number of carbonyl (C=O) groups is 2. The van der Waals surface area contributed by atoms with Crippen LogP contribution in [0.1, 0.15) is 36.8 Å². The van der Waals surface area contributed by atoms with Gasteiger partial charge >= 0.3 is 12.0 Å². The van der Waals surface area contributed by atoms with Gasteiger partial charge in [0, 0.05) is 23.0 Å². The molecule has 0 fully saturated rings. The largest absolute Gasteiger partial charge is 0.492 e. The zero-order chi connectivity index (χ0) is 30.7. The van der Waals surface area contributed by atoms with Crippen LogP contribution in [0.25, 0.3) is 10.8 Å². The van der Waals surface area contributed by atoms with E-state index in [2.05, 4.69) is 20.3 Å². The molecule has 11 nitrogen and oxygen atoms in total. The van der Waals surface area contributed by atoms with Gasteiger partial charge < -0.3 is 24.8 Å². The maximum atomic E-state index is 13.3. The molecule has 3 N–H and O–H groups in total. The first-order valence-corrected chi connectivity index (χ1v) is 14.7. The highest BCUT2D eigenvalue weighted by Crippen LogP contribution is 2.40. The summed E-state index contributed by atoms with van der Waals surface area (Å²) in [6, 6.07) is 16.7. The smallest absolute Gasteiger partial charge is 0.356 e. The Labute approximate surface area is 244 Å². The summed E-state index contributed by atoms with van der Waals surface area (Å²) < 4.78 is 42.8. The molecule has 0 bridgehead atoms. The Balaban J connectivity index is 1.65. The van der Waals surface area contributed by atoms with Crippen molar-refractivity contribution in [1.82, 2.24) is 4.98 Å². The Morgan fingerprint density at radius 1 is 0.857 bits per heavy atom. The minimum Gasteiger partial charge on any atom is -0.492 e. The average molecular weight is 593 g/mol. The SMILES string of the molecule is COC(=O)c1cc(Oc2ccc(NC(=O)Nc3cc(C(C)(C)C)cc(NS(C)(=O)=O)c3OC)c3ccccc23)ccn1. The molecule has 4 rings (SSSR count). The molecule has 0 saturated carbocycles. The molecule has 0 saturated heterocycles. The van der Waals surface area contributed by atoms with Crippen LogP contribution >= 0.6 is 0 Å². The fourth-order valence-electron chi connectivity index (χ4n) is 4.21. The van der Waals surface area contributed by atoms with E-state index >= 15 is 0 Å². The zero-order valence-electron chi connectivity index (χ0n) is 24.1. The number of pyridine rings is 1. The highest BCUT2D eigenvalue weighted by atomic mass is 32.2. The number of methoxy groups -OCH3 is 2. The topological polar surface area (TPSA) is 145 Å². The highest BCUT2D eigenvalue weighted by molar-refractivity contribution is 7.92. The number of esters is 1. The molecule has 220 valence electrons. The summed E-state index contributed by atoms with van der Waals surface area (Å²) >= 11 is 0. The molecule has 0 aliphatic carbocycles. The van der Waals surface area contributed by atoms with Crippen LogP contribution < -0.4 is 24.8 Å². The van der Waals surface area contributed by atoms with E-state index in [-0.39, 0.29) is 28.2 Å². The van der Waals surface area contributed by atoms with Crippen molar-refractivity contribution in [2.75, 3.05) is 35.8 Å². The third kappa shape index (κ3) is 7.07. The quantitative estimate of drug-likeness (QED) is 0.207. The molecule has 0 aliphatic rings. The van der Waals surface area contributed by atoms with Crippen molar-refractivity contribution in [2.45, 2.75) is 26.2 Å². The van der Waals surface area contributed by atoms with E-state index in [1.807, 2.05) is 45.0 Å². The van der Waals surface area contributed by atoms with Gasteiger partial charge in [-0.25, -0.2) is 23.0 Å². The molecule has 3 aromatic carbocycles. The first-order valence-electron chi connectivity index (χ1n) is 12.8. The average Bonchev–Trinajstić information content (AvgIpc) is 2.92. The number of sulfonamides is 1. The van der Waals surface area contributed by atoms with Crippen molar-refractivity contribution in [3.05, 3.63) is 78.1 Å². The number of benzene rings is 3. The Morgan fingerprint density at radius 3 is 2.17 bits per heavy atom. The lowest BCUT2D eigenvalue weighted by Gasteiger charge is -2.24. The normalized spacial score (nSPS) is 11.5. The van der Waals surface area contributed by atoms with Crippen LogP contribution in [0.15, 0.2) is 66.9 Å². The Bertz CT molecular complexity index is 1770. The number of fused-ring (bicyclic) bond motifs is 1. The van der Waals surface area contributed by atoms with Gasteiger partial charge in [0.1, 0.15) is 11.5 Å². The van der Waals surface area contributed by atoms with Crippen molar-refractivity contribution in [3.8, 4) is 17.2 Å². The lowest BCUT2D eigenvalue weighted by Crippen LogP contribution is -2.22. The number of urea groups is 1. The Kier molecular flexibility index (Phi) is 8.57. The maximum absolute atomic E-state index is 13.3. The number of anilines is 3. The van der Waals surface area contributed by atoms with Crippen LogP contribution in [0.2, 0.25) is 0 Å². The van der Waals surface area contributed by atoms with Gasteiger partial charge in [0.2, 0.25) is 10.0 Å². The van der Waals surface area contributed by atoms with Gasteiger partial charge in [-0.15, -0.1) is 0 Å². The number of hydrogen-bond donors (Lipinski definition) is 3. The summed E-state index contributed by atoms with van der Waals surface area (Å²) in [5.74, 6) is 0.466. The summed E-state index contributed by atoms with van der Waals surface area (Å²) in [4.78, 5) is 29.1. The Hall–Kier alpha value is -4.84. The maximum Gasteiger partial charge on any atom is 0.356 e. The first-order chi connectivity index (χ1) is 19.8. The summed E-state index contributed by atoms with van der Waals surface area (Å²) in [6.07, 6.45) is 2.49. The van der Waals surface area contributed by atoms with E-state index in [9.17, 15) is 18.0 Å². The molecule has 2 amide bonds. The fraction of sp³-hybridized carbons (Fsp3) is 0.233. The van der Waals surface area contributed by atoms with E-state index in [0.717, 1.165) is 11.8 Å². The number of amides is 2. The Morgan fingerprint density at radius 2 is 1.52 bits per heavy atom. The number of ether oxygens (including phenoxy) is 3. The molecule has 0 radical (unpaired) electrons. The summed E-state index contributed by atoms with van der Waals surface area (Å²) in [5, 5.41) is 7.06. The minimum atomic E-state index is -3.62. The molecule has 0 atom stereocenters. The molecular weight excluding hydrogens is 560 g/mol. The predicted octanol–water partition coefficient (Wildman–Crippen LogP) is 6.14. The number of aromatic nitrogens is 1. The highest BCUT2D eigenvalue weighted by Gasteiger charge is 2.22. The molecule has 0 unspecified atom stereocenters. The standard InChI is InChI=1S/C30H32N4O7S/c1-30(2,3)18-15-23(27(39-4)24(16-18)34-42(6,37)38)33-29(36)32-22-11-12-26(21-10-8-7-9-20(21)22)41-19-13-14-31-25(17-19)28(35)40-5/h7-17,34H,1-6H3,(H2,32,33,36). The third-order valence-electron chi connectivity index (χ3n) is 6.19. The summed E-state index contributed by atoms with van der Waals surface area (Å²) in [7, 11) is -0.953. The van der Waals surface area contributed by atoms with Gasteiger partial charge in [-0.1, -0.05) is 45.0 Å². The van der Waals surface area contributed by atoms with E-state index in [4.69, 9.17) is 14.2 Å². The molecule has 42 heavy (non-hydrogen) atoms. The number of hydrogen-bond acceptors (Lipinski definition) is 8. The number of rotatable bonds is 8. The predicted molar refractivity (Wildman–Crippen MR) is 162 cm³/mol. The van der Waals surface area contributed by atoms with Gasteiger partial charge in [0.05, 0.1) is 37.5 Å². The summed E-state index contributed by atoms with van der Waals surface area (Å²) in [5.41, 5.74) is 1.53. The van der Waals surface area contributed by atoms with Gasteiger partial charge in [0.15, 0.2) is 11.4 Å². The molecule has 4 aromatic rings. The van der Waals surface area contributed by atoms with Crippen molar-refractivity contribution in [3.63, 3.8) is 0 Å². The third-order valence-corrected chi connectivity index (χ3v) is 6.78. The second-order valence-corrected chi connectivity index (χ2v) is 12.2. The van der Waals surface area contributed by atoms with Gasteiger partial charge in [0.25, 0.3) is 0 Å². The second kappa shape index (κ2) is 12.0. The lowest BCUT2D eigenvalue weighted by molar-refractivity contribution is 0.0593. The molecule has 1 heterocycles. The molecule has 0 aliphatic heterocycles. The zero-order valence-corrected chi connectivity index (χ0v) is 24.9. The van der Waals surface area contributed by atoms with Crippen molar-refractivity contribution in [2.24, 2.45) is 0 Å².